The first-order valence-corrected chi connectivity index (χ1v) is 6.98. The van der Waals surface area contributed by atoms with Gasteiger partial charge in [-0.1, -0.05) is 9.64 Å². The quantitative estimate of drug-likeness (QED) is 0.720. The smallest absolute Gasteiger partial charge is 0.271 e. The molecular formula is C13H10N4O2S. The standard InChI is InChI=1S/C13H10N4O2S/c1-7-11(20-17-15-7)13-14-12(16-19-13)9-2-3-10-8(6-9)4-5-18-10/h2-3,6H,4-5H2,1H3. The van der Waals surface area contributed by atoms with Gasteiger partial charge in [0.2, 0.25) is 5.82 Å². The molecule has 0 fully saturated rings. The summed E-state index contributed by atoms with van der Waals surface area (Å²) in [7, 11) is 0. The normalized spacial score (nSPS) is 13.2. The van der Waals surface area contributed by atoms with E-state index < -0.39 is 0 Å². The molecule has 0 bridgehead atoms. The number of fused-ring (bicyclic) bond motifs is 1. The molecule has 0 spiro atoms. The summed E-state index contributed by atoms with van der Waals surface area (Å²) >= 11 is 1.25. The molecule has 0 saturated carbocycles. The Hall–Kier alpha value is -2.28. The number of rotatable bonds is 2. The molecule has 0 amide bonds. The van der Waals surface area contributed by atoms with E-state index in [1.165, 1.54) is 17.1 Å². The van der Waals surface area contributed by atoms with Crippen molar-refractivity contribution in [1.29, 1.82) is 0 Å². The summed E-state index contributed by atoms with van der Waals surface area (Å²) in [5.74, 6) is 1.98. The molecule has 6 nitrogen and oxygen atoms in total. The van der Waals surface area contributed by atoms with Crippen LogP contribution in [0.15, 0.2) is 22.7 Å². The Bertz CT molecular complexity index is 780. The van der Waals surface area contributed by atoms with Gasteiger partial charge in [0, 0.05) is 12.0 Å². The summed E-state index contributed by atoms with van der Waals surface area (Å²) in [5.41, 5.74) is 2.91. The molecule has 1 aromatic carbocycles. The summed E-state index contributed by atoms with van der Waals surface area (Å²) in [6, 6.07) is 5.94. The Labute approximate surface area is 118 Å². The zero-order valence-electron chi connectivity index (χ0n) is 10.7. The van der Waals surface area contributed by atoms with E-state index in [0.717, 1.165) is 34.9 Å². The monoisotopic (exact) mass is 286 g/mol. The van der Waals surface area contributed by atoms with Gasteiger partial charge in [0.15, 0.2) is 0 Å². The maximum atomic E-state index is 5.49. The van der Waals surface area contributed by atoms with E-state index >= 15 is 0 Å². The molecule has 0 atom stereocenters. The van der Waals surface area contributed by atoms with Gasteiger partial charge in [0.05, 0.1) is 12.3 Å². The molecule has 2 aromatic heterocycles. The number of nitrogens with zero attached hydrogens (tertiary/aromatic N) is 4. The Morgan fingerprint density at radius 3 is 3.10 bits per heavy atom. The third-order valence-corrected chi connectivity index (χ3v) is 4.04. The van der Waals surface area contributed by atoms with E-state index in [0.29, 0.717) is 11.7 Å². The molecule has 3 heterocycles. The fourth-order valence-corrected chi connectivity index (χ4v) is 2.77. The van der Waals surface area contributed by atoms with Crippen molar-refractivity contribution < 1.29 is 9.26 Å². The Morgan fingerprint density at radius 1 is 1.30 bits per heavy atom. The number of ether oxygens (including phenoxy) is 1. The minimum Gasteiger partial charge on any atom is -0.493 e. The van der Waals surface area contributed by atoms with Crippen molar-refractivity contribution in [3.05, 3.63) is 29.5 Å². The van der Waals surface area contributed by atoms with Gasteiger partial charge >= 0.3 is 0 Å². The van der Waals surface area contributed by atoms with Gasteiger partial charge in [0.1, 0.15) is 10.6 Å². The second-order valence-electron chi connectivity index (χ2n) is 4.53. The van der Waals surface area contributed by atoms with E-state index in [4.69, 9.17) is 9.26 Å². The van der Waals surface area contributed by atoms with Crippen LogP contribution < -0.4 is 4.74 Å². The van der Waals surface area contributed by atoms with Crippen LogP contribution in [0.3, 0.4) is 0 Å². The number of aromatic nitrogens is 4. The lowest BCUT2D eigenvalue weighted by molar-refractivity contribution is 0.357. The van der Waals surface area contributed by atoms with Gasteiger partial charge in [0.25, 0.3) is 5.89 Å². The predicted molar refractivity (Wildman–Crippen MR) is 72.6 cm³/mol. The summed E-state index contributed by atoms with van der Waals surface area (Å²) in [5, 5.41) is 7.98. The average Bonchev–Trinajstić information content (AvgIpc) is 3.17. The highest BCUT2D eigenvalue weighted by molar-refractivity contribution is 7.09. The fourth-order valence-electron chi connectivity index (χ4n) is 2.19. The SMILES string of the molecule is Cc1nnsc1-c1nc(-c2ccc3c(c2)CCO3)no1. The first-order chi connectivity index (χ1) is 9.81. The van der Waals surface area contributed by atoms with Crippen molar-refractivity contribution >= 4 is 11.5 Å². The van der Waals surface area contributed by atoms with Crippen LogP contribution in [0.2, 0.25) is 0 Å². The van der Waals surface area contributed by atoms with Crippen molar-refractivity contribution in [2.24, 2.45) is 0 Å². The van der Waals surface area contributed by atoms with Crippen LogP contribution in [0.5, 0.6) is 5.75 Å². The van der Waals surface area contributed by atoms with Crippen LogP contribution in [0.1, 0.15) is 11.3 Å². The van der Waals surface area contributed by atoms with Gasteiger partial charge in [-0.15, -0.1) is 5.10 Å². The molecule has 20 heavy (non-hydrogen) atoms. The summed E-state index contributed by atoms with van der Waals surface area (Å²) < 4.78 is 14.7. The van der Waals surface area contributed by atoms with Gasteiger partial charge < -0.3 is 9.26 Å². The highest BCUT2D eigenvalue weighted by Crippen LogP contribution is 2.31. The number of benzene rings is 1. The first-order valence-electron chi connectivity index (χ1n) is 6.20. The zero-order chi connectivity index (χ0) is 13.5. The lowest BCUT2D eigenvalue weighted by atomic mass is 10.1. The Balaban J connectivity index is 1.73. The first kappa shape index (κ1) is 11.5. The van der Waals surface area contributed by atoms with E-state index in [-0.39, 0.29) is 0 Å². The van der Waals surface area contributed by atoms with Crippen LogP contribution in [-0.4, -0.2) is 26.3 Å². The lowest BCUT2D eigenvalue weighted by Gasteiger charge is -1.99. The molecule has 1 aliphatic rings. The maximum Gasteiger partial charge on any atom is 0.271 e. The molecule has 7 heteroatoms. The van der Waals surface area contributed by atoms with Crippen LogP contribution in [0.25, 0.3) is 22.2 Å². The Kier molecular flexibility index (Phi) is 2.53. The van der Waals surface area contributed by atoms with Crippen molar-refractivity contribution in [2.75, 3.05) is 6.61 Å². The Morgan fingerprint density at radius 2 is 2.25 bits per heavy atom. The lowest BCUT2D eigenvalue weighted by Crippen LogP contribution is -1.85. The van der Waals surface area contributed by atoms with Crippen LogP contribution in [0, 0.1) is 6.92 Å². The van der Waals surface area contributed by atoms with E-state index in [1.54, 1.807) is 0 Å². The van der Waals surface area contributed by atoms with Gasteiger partial charge in [-0.2, -0.15) is 4.98 Å². The third kappa shape index (κ3) is 1.78. The van der Waals surface area contributed by atoms with E-state index in [9.17, 15) is 0 Å². The minimum atomic E-state index is 0.462. The second kappa shape index (κ2) is 4.38. The minimum absolute atomic E-state index is 0.462. The maximum absolute atomic E-state index is 5.49. The van der Waals surface area contributed by atoms with E-state index in [2.05, 4.69) is 25.8 Å². The number of aryl methyl sites for hydroxylation is 1. The highest BCUT2D eigenvalue weighted by Gasteiger charge is 2.18. The van der Waals surface area contributed by atoms with Gasteiger partial charge in [-0.05, 0) is 42.2 Å². The van der Waals surface area contributed by atoms with Gasteiger partial charge in [-0.3, -0.25) is 0 Å². The van der Waals surface area contributed by atoms with Crippen LogP contribution in [-0.2, 0) is 6.42 Å². The molecule has 0 saturated heterocycles. The van der Waals surface area contributed by atoms with Crippen molar-refractivity contribution in [2.45, 2.75) is 13.3 Å². The summed E-state index contributed by atoms with van der Waals surface area (Å²) in [4.78, 5) is 5.23. The molecule has 4 rings (SSSR count). The van der Waals surface area contributed by atoms with Crippen LogP contribution >= 0.6 is 11.5 Å². The molecule has 1 aliphatic heterocycles. The van der Waals surface area contributed by atoms with E-state index in [1.807, 2.05) is 19.1 Å². The molecular weight excluding hydrogens is 276 g/mol. The molecule has 100 valence electrons. The second-order valence-corrected chi connectivity index (χ2v) is 5.29. The number of hydrogen-bond acceptors (Lipinski definition) is 7. The topological polar surface area (TPSA) is 73.9 Å². The average molecular weight is 286 g/mol. The highest BCUT2D eigenvalue weighted by atomic mass is 32.1. The van der Waals surface area contributed by atoms with Crippen LogP contribution in [0.4, 0.5) is 0 Å². The molecule has 0 aliphatic carbocycles. The van der Waals surface area contributed by atoms with Gasteiger partial charge in [-0.25, -0.2) is 0 Å². The van der Waals surface area contributed by atoms with Crippen molar-refractivity contribution in [3.63, 3.8) is 0 Å². The zero-order valence-corrected chi connectivity index (χ0v) is 11.5. The van der Waals surface area contributed by atoms with Crippen molar-refractivity contribution in [1.82, 2.24) is 19.7 Å². The van der Waals surface area contributed by atoms with Crippen molar-refractivity contribution in [3.8, 4) is 27.9 Å². The third-order valence-electron chi connectivity index (χ3n) is 3.22. The number of hydrogen-bond donors (Lipinski definition) is 0. The largest absolute Gasteiger partial charge is 0.493 e. The molecule has 0 unspecified atom stereocenters. The molecule has 0 N–H and O–H groups in total. The molecule has 3 aromatic rings. The summed E-state index contributed by atoms with van der Waals surface area (Å²) in [6.45, 7) is 2.61. The summed E-state index contributed by atoms with van der Waals surface area (Å²) in [6.07, 6.45) is 0.922. The predicted octanol–water partition coefficient (Wildman–Crippen LogP) is 2.50. The fraction of sp³-hybridized carbons (Fsp3) is 0.231. The molecule has 0 radical (unpaired) electrons.